The number of thiocarbonyl (C=S) groups is 1. The number of carbonyl (C=O) groups excluding carboxylic acids is 1. The lowest BCUT2D eigenvalue weighted by Gasteiger charge is -2.14. The number of rotatable bonds is 6. The number of furan rings is 1. The highest BCUT2D eigenvalue weighted by atomic mass is 79.9. The summed E-state index contributed by atoms with van der Waals surface area (Å²) in [7, 11) is 3.08. The van der Waals surface area contributed by atoms with Gasteiger partial charge in [-0.3, -0.25) is 10.1 Å². The summed E-state index contributed by atoms with van der Waals surface area (Å²) in [6.45, 7) is -0.182. The van der Waals surface area contributed by atoms with Gasteiger partial charge in [0.05, 0.1) is 24.4 Å². The van der Waals surface area contributed by atoms with Crippen molar-refractivity contribution in [3.05, 3.63) is 64.3 Å². The summed E-state index contributed by atoms with van der Waals surface area (Å²) in [5.41, 5.74) is 1.73. The molecule has 3 aromatic rings. The first-order chi connectivity index (χ1) is 14.4. The van der Waals surface area contributed by atoms with Crippen LogP contribution in [0, 0.1) is 0 Å². The van der Waals surface area contributed by atoms with Gasteiger partial charge in [0, 0.05) is 11.1 Å². The maximum Gasteiger partial charge on any atom is 0.257 e. The van der Waals surface area contributed by atoms with Crippen LogP contribution in [-0.2, 0) is 6.61 Å². The Hall–Kier alpha value is -2.88. The average Bonchev–Trinajstić information content (AvgIpc) is 3.23. The molecule has 1 heterocycles. The zero-order valence-electron chi connectivity index (χ0n) is 16.2. The number of aliphatic hydroxyl groups is 1. The number of benzene rings is 2. The number of halogens is 1. The number of ether oxygens (including phenoxy) is 2. The molecular formula is C21H19BrN2O5S. The number of nitrogens with one attached hydrogen (secondary N) is 2. The predicted octanol–water partition coefficient (Wildman–Crippen LogP) is 4.35. The molecule has 0 radical (unpaired) electrons. The summed E-state index contributed by atoms with van der Waals surface area (Å²) in [6.07, 6.45) is 0. The fraction of sp³-hybridized carbons (Fsp3) is 0.143. The Balaban J connectivity index is 1.75. The van der Waals surface area contributed by atoms with E-state index in [1.165, 1.54) is 7.11 Å². The van der Waals surface area contributed by atoms with Gasteiger partial charge in [-0.2, -0.15) is 0 Å². The summed E-state index contributed by atoms with van der Waals surface area (Å²) in [5.74, 6) is 1.84. The molecule has 0 fully saturated rings. The number of anilines is 1. The van der Waals surface area contributed by atoms with Gasteiger partial charge >= 0.3 is 0 Å². The molecule has 0 spiro atoms. The lowest BCUT2D eigenvalue weighted by Crippen LogP contribution is -2.34. The lowest BCUT2D eigenvalue weighted by atomic mass is 10.1. The van der Waals surface area contributed by atoms with Crippen LogP contribution in [0.2, 0.25) is 0 Å². The van der Waals surface area contributed by atoms with Crippen molar-refractivity contribution in [2.45, 2.75) is 6.61 Å². The number of hydrogen-bond acceptors (Lipinski definition) is 6. The molecule has 1 aromatic heterocycles. The molecule has 0 saturated carbocycles. The molecule has 156 valence electrons. The molecular weight excluding hydrogens is 472 g/mol. The molecule has 0 aliphatic heterocycles. The van der Waals surface area contributed by atoms with Crippen LogP contribution in [0.1, 0.15) is 16.1 Å². The van der Waals surface area contributed by atoms with E-state index in [0.29, 0.717) is 38.7 Å². The highest BCUT2D eigenvalue weighted by Gasteiger charge is 2.14. The van der Waals surface area contributed by atoms with E-state index in [4.69, 9.17) is 26.1 Å². The van der Waals surface area contributed by atoms with E-state index in [0.717, 1.165) is 5.56 Å². The van der Waals surface area contributed by atoms with Crippen molar-refractivity contribution in [2.24, 2.45) is 0 Å². The highest BCUT2D eigenvalue weighted by molar-refractivity contribution is 9.10. The number of carbonyl (C=O) groups is 1. The second-order valence-electron chi connectivity index (χ2n) is 6.10. The normalized spacial score (nSPS) is 10.4. The zero-order valence-corrected chi connectivity index (χ0v) is 18.6. The summed E-state index contributed by atoms with van der Waals surface area (Å²) in [5, 5.41) is 14.9. The molecule has 0 aliphatic rings. The maximum atomic E-state index is 12.5. The molecule has 0 saturated heterocycles. The Morgan fingerprint density at radius 3 is 2.47 bits per heavy atom. The van der Waals surface area contributed by atoms with Gasteiger partial charge in [-0.15, -0.1) is 0 Å². The molecule has 0 atom stereocenters. The zero-order chi connectivity index (χ0) is 21.7. The first-order valence-electron chi connectivity index (χ1n) is 8.79. The predicted molar refractivity (Wildman–Crippen MR) is 121 cm³/mol. The van der Waals surface area contributed by atoms with E-state index < -0.39 is 0 Å². The van der Waals surface area contributed by atoms with Crippen LogP contribution in [-0.4, -0.2) is 30.3 Å². The molecule has 0 unspecified atom stereocenters. The molecule has 0 bridgehead atoms. The largest absolute Gasteiger partial charge is 0.496 e. The first kappa shape index (κ1) is 21.8. The molecule has 30 heavy (non-hydrogen) atoms. The number of hydrogen-bond donors (Lipinski definition) is 3. The van der Waals surface area contributed by atoms with Gasteiger partial charge in [-0.25, -0.2) is 0 Å². The monoisotopic (exact) mass is 490 g/mol. The third-order valence-electron chi connectivity index (χ3n) is 4.19. The molecule has 0 aliphatic carbocycles. The fourth-order valence-electron chi connectivity index (χ4n) is 2.71. The SMILES string of the molecule is COc1ccc(C(=O)NC(=S)Nc2cc(-c3ccc(CO)o3)ccc2OC)cc1Br. The van der Waals surface area contributed by atoms with Gasteiger partial charge < -0.3 is 24.3 Å². The number of aliphatic hydroxyl groups excluding tert-OH is 1. The van der Waals surface area contributed by atoms with Gasteiger partial charge in [-0.05, 0) is 76.7 Å². The Kier molecular flexibility index (Phi) is 7.09. The van der Waals surface area contributed by atoms with Crippen molar-refractivity contribution in [1.82, 2.24) is 5.32 Å². The van der Waals surface area contributed by atoms with E-state index in [1.54, 1.807) is 49.6 Å². The van der Waals surface area contributed by atoms with Crippen molar-refractivity contribution in [2.75, 3.05) is 19.5 Å². The minimum Gasteiger partial charge on any atom is -0.496 e. The topological polar surface area (TPSA) is 93.0 Å². The molecule has 9 heteroatoms. The van der Waals surface area contributed by atoms with Crippen LogP contribution in [0.3, 0.4) is 0 Å². The Bertz CT molecular complexity index is 1080. The third-order valence-corrected chi connectivity index (χ3v) is 5.01. The molecule has 2 aromatic carbocycles. The van der Waals surface area contributed by atoms with Crippen LogP contribution in [0.15, 0.2) is 57.4 Å². The first-order valence-corrected chi connectivity index (χ1v) is 9.99. The van der Waals surface area contributed by atoms with E-state index in [1.807, 2.05) is 6.07 Å². The quantitative estimate of drug-likeness (QED) is 0.442. The second kappa shape index (κ2) is 9.75. The Labute approximate surface area is 187 Å². The van der Waals surface area contributed by atoms with Gasteiger partial charge in [0.25, 0.3) is 5.91 Å². The highest BCUT2D eigenvalue weighted by Crippen LogP contribution is 2.31. The van der Waals surface area contributed by atoms with Crippen LogP contribution >= 0.6 is 28.1 Å². The van der Waals surface area contributed by atoms with Crippen molar-refractivity contribution in [3.8, 4) is 22.8 Å². The van der Waals surface area contributed by atoms with E-state index in [2.05, 4.69) is 26.6 Å². The minimum absolute atomic E-state index is 0.109. The van der Waals surface area contributed by atoms with Crippen molar-refractivity contribution >= 4 is 44.9 Å². The van der Waals surface area contributed by atoms with Crippen molar-refractivity contribution < 1.29 is 23.8 Å². The standard InChI is InChI=1S/C21H19BrN2O5S/c1-27-18-6-4-13(9-15(18)22)20(26)24-21(30)23-16-10-12(3-7-19(16)28-2)17-8-5-14(11-25)29-17/h3-10,25H,11H2,1-2H3,(H2,23,24,26,30). The van der Waals surface area contributed by atoms with Crippen LogP contribution < -0.4 is 20.1 Å². The number of methoxy groups -OCH3 is 2. The van der Waals surface area contributed by atoms with E-state index in [-0.39, 0.29) is 17.6 Å². The van der Waals surface area contributed by atoms with E-state index >= 15 is 0 Å². The minimum atomic E-state index is -0.371. The average molecular weight is 491 g/mol. The van der Waals surface area contributed by atoms with Crippen molar-refractivity contribution in [3.63, 3.8) is 0 Å². The van der Waals surface area contributed by atoms with Gasteiger partial charge in [0.2, 0.25) is 0 Å². The summed E-state index contributed by atoms with van der Waals surface area (Å²) >= 11 is 8.65. The molecule has 1 amide bonds. The fourth-order valence-corrected chi connectivity index (χ4v) is 3.46. The third kappa shape index (κ3) is 4.99. The Morgan fingerprint density at radius 1 is 1.10 bits per heavy atom. The molecule has 3 rings (SSSR count). The van der Waals surface area contributed by atoms with Gasteiger partial charge in [-0.1, -0.05) is 0 Å². The summed E-state index contributed by atoms with van der Waals surface area (Å²) < 4.78 is 16.8. The summed E-state index contributed by atoms with van der Waals surface area (Å²) in [4.78, 5) is 12.5. The van der Waals surface area contributed by atoms with Gasteiger partial charge in [0.15, 0.2) is 5.11 Å². The summed E-state index contributed by atoms with van der Waals surface area (Å²) in [6, 6.07) is 13.8. The van der Waals surface area contributed by atoms with Crippen LogP contribution in [0.25, 0.3) is 11.3 Å². The number of amides is 1. The smallest absolute Gasteiger partial charge is 0.257 e. The van der Waals surface area contributed by atoms with E-state index in [9.17, 15) is 9.90 Å². The van der Waals surface area contributed by atoms with Crippen LogP contribution in [0.4, 0.5) is 5.69 Å². The maximum absolute atomic E-state index is 12.5. The van der Waals surface area contributed by atoms with Crippen LogP contribution in [0.5, 0.6) is 11.5 Å². The molecule has 7 nitrogen and oxygen atoms in total. The van der Waals surface area contributed by atoms with Crippen molar-refractivity contribution in [1.29, 1.82) is 0 Å². The second-order valence-corrected chi connectivity index (χ2v) is 7.36. The lowest BCUT2D eigenvalue weighted by molar-refractivity contribution is 0.0977. The Morgan fingerprint density at radius 2 is 1.83 bits per heavy atom. The van der Waals surface area contributed by atoms with Gasteiger partial charge in [0.1, 0.15) is 29.6 Å². The molecule has 3 N–H and O–H groups in total.